The van der Waals surface area contributed by atoms with Crippen molar-refractivity contribution in [2.45, 2.75) is 18.9 Å². The Bertz CT molecular complexity index is 109. The zero-order chi connectivity index (χ0) is 6.27. The van der Waals surface area contributed by atoms with Gasteiger partial charge in [0.1, 0.15) is 0 Å². The maximum atomic E-state index is 9.27. The zero-order valence-corrected chi connectivity index (χ0v) is 5.42. The maximum absolute atomic E-state index is 9.27. The molecule has 0 amide bonds. The molecule has 2 heteroatoms. The smallest absolute Gasteiger partial charge is 0.0826 e. The van der Waals surface area contributed by atoms with Crippen LogP contribution in [0.5, 0.6) is 0 Å². The van der Waals surface area contributed by atoms with Crippen molar-refractivity contribution in [3.63, 3.8) is 0 Å². The van der Waals surface area contributed by atoms with Crippen molar-refractivity contribution in [1.82, 2.24) is 0 Å². The molecule has 0 aromatic heterocycles. The Kier molecular flexibility index (Phi) is 1.24. The van der Waals surface area contributed by atoms with E-state index in [0.717, 1.165) is 12.5 Å². The van der Waals surface area contributed by atoms with Crippen LogP contribution >= 0.6 is 0 Å². The molecule has 0 spiro atoms. The van der Waals surface area contributed by atoms with Gasteiger partial charge >= 0.3 is 0 Å². The molecule has 2 atom stereocenters. The molecule has 1 heterocycles. The van der Waals surface area contributed by atoms with Crippen LogP contribution in [0.4, 0.5) is 0 Å². The van der Waals surface area contributed by atoms with Gasteiger partial charge in [0.15, 0.2) is 0 Å². The van der Waals surface area contributed by atoms with E-state index in [1.165, 1.54) is 12.8 Å². The number of ether oxygens (including phenoxy) is 1. The van der Waals surface area contributed by atoms with Crippen LogP contribution in [0.25, 0.3) is 0 Å². The Morgan fingerprint density at radius 2 is 2.00 bits per heavy atom. The lowest BCUT2D eigenvalue weighted by Crippen LogP contribution is -2.19. The van der Waals surface area contributed by atoms with Crippen LogP contribution in [0.15, 0.2) is 0 Å². The molecule has 0 aromatic carbocycles. The third kappa shape index (κ3) is 0.970. The van der Waals surface area contributed by atoms with Crippen molar-refractivity contribution in [1.29, 1.82) is 0 Å². The molecule has 9 heavy (non-hydrogen) atoms. The Morgan fingerprint density at radius 3 is 2.44 bits per heavy atom. The summed E-state index contributed by atoms with van der Waals surface area (Å²) in [6, 6.07) is 0. The van der Waals surface area contributed by atoms with Gasteiger partial charge in [-0.1, -0.05) is 0 Å². The maximum Gasteiger partial charge on any atom is 0.0826 e. The van der Waals surface area contributed by atoms with Gasteiger partial charge in [-0.05, 0) is 18.8 Å². The fourth-order valence-electron chi connectivity index (χ4n) is 1.53. The summed E-state index contributed by atoms with van der Waals surface area (Å²) in [6.45, 7) is 1.37. The van der Waals surface area contributed by atoms with E-state index in [-0.39, 0.29) is 6.10 Å². The van der Waals surface area contributed by atoms with Gasteiger partial charge < -0.3 is 9.84 Å². The second-order valence-electron chi connectivity index (χ2n) is 3.11. The highest BCUT2D eigenvalue weighted by Crippen LogP contribution is 2.40. The summed E-state index contributed by atoms with van der Waals surface area (Å²) >= 11 is 0. The predicted molar refractivity (Wildman–Crippen MR) is 33.0 cm³/mol. The van der Waals surface area contributed by atoms with E-state index in [9.17, 15) is 5.11 Å². The fourth-order valence-corrected chi connectivity index (χ4v) is 1.53. The second kappa shape index (κ2) is 1.96. The molecule has 0 radical (unpaired) electrons. The molecule has 0 aromatic rings. The quantitative estimate of drug-likeness (QED) is 0.554. The molecular formula is C7H12O2. The van der Waals surface area contributed by atoms with Crippen molar-refractivity contribution in [2.75, 3.05) is 13.2 Å². The molecule has 2 fully saturated rings. The average molecular weight is 128 g/mol. The first-order valence-corrected chi connectivity index (χ1v) is 3.64. The largest absolute Gasteiger partial charge is 0.390 e. The molecule has 1 N–H and O–H groups in total. The number of aliphatic hydroxyl groups is 1. The molecule has 52 valence electrons. The summed E-state index contributed by atoms with van der Waals surface area (Å²) in [5.41, 5.74) is 0. The normalized spacial score (nSPS) is 43.7. The van der Waals surface area contributed by atoms with Crippen LogP contribution in [0.3, 0.4) is 0 Å². The van der Waals surface area contributed by atoms with Crippen LogP contribution in [0.1, 0.15) is 12.8 Å². The molecule has 0 bridgehead atoms. The third-order valence-electron chi connectivity index (χ3n) is 2.32. The number of aliphatic hydroxyl groups excluding tert-OH is 1. The lowest BCUT2D eigenvalue weighted by atomic mass is 10.0. The number of hydrogen-bond donors (Lipinski definition) is 1. The minimum Gasteiger partial charge on any atom is -0.390 e. The van der Waals surface area contributed by atoms with Crippen molar-refractivity contribution >= 4 is 0 Å². The van der Waals surface area contributed by atoms with Gasteiger partial charge in [-0.15, -0.1) is 0 Å². The number of hydrogen-bond acceptors (Lipinski definition) is 2. The summed E-state index contributed by atoms with van der Waals surface area (Å²) in [7, 11) is 0. The van der Waals surface area contributed by atoms with E-state index >= 15 is 0 Å². The Hall–Kier alpha value is -0.0800. The highest BCUT2D eigenvalue weighted by atomic mass is 16.5. The fraction of sp³-hybridized carbons (Fsp3) is 1.00. The highest BCUT2D eigenvalue weighted by molar-refractivity contribution is 4.88. The zero-order valence-electron chi connectivity index (χ0n) is 5.42. The summed E-state index contributed by atoms with van der Waals surface area (Å²) in [5, 5.41) is 9.27. The van der Waals surface area contributed by atoms with Crippen LogP contribution in [-0.4, -0.2) is 24.4 Å². The van der Waals surface area contributed by atoms with Crippen LogP contribution in [-0.2, 0) is 4.74 Å². The predicted octanol–water partition coefficient (Wildman–Crippen LogP) is 0.404. The Balaban J connectivity index is 1.93. The average Bonchev–Trinajstić information content (AvgIpc) is 2.58. The molecule has 1 aliphatic heterocycles. The van der Waals surface area contributed by atoms with Crippen LogP contribution in [0.2, 0.25) is 0 Å². The van der Waals surface area contributed by atoms with Crippen molar-refractivity contribution in [2.24, 2.45) is 11.8 Å². The second-order valence-corrected chi connectivity index (χ2v) is 3.11. The lowest BCUT2D eigenvalue weighted by molar-refractivity contribution is 0.115. The summed E-state index contributed by atoms with van der Waals surface area (Å²) < 4.78 is 5.12. The van der Waals surface area contributed by atoms with Gasteiger partial charge in [-0.25, -0.2) is 0 Å². The molecule has 1 aliphatic carbocycles. The minimum atomic E-state index is -0.155. The Labute approximate surface area is 54.8 Å². The molecule has 2 rings (SSSR count). The van der Waals surface area contributed by atoms with E-state index in [4.69, 9.17) is 4.74 Å². The highest BCUT2D eigenvalue weighted by Gasteiger charge is 2.39. The topological polar surface area (TPSA) is 29.5 Å². The minimum absolute atomic E-state index is 0.155. The van der Waals surface area contributed by atoms with Gasteiger partial charge in [0, 0.05) is 5.92 Å². The molecule has 1 saturated heterocycles. The molecule has 0 unspecified atom stereocenters. The van der Waals surface area contributed by atoms with E-state index in [1.807, 2.05) is 0 Å². The summed E-state index contributed by atoms with van der Waals surface area (Å²) in [6.07, 6.45) is 2.47. The van der Waals surface area contributed by atoms with Crippen LogP contribution < -0.4 is 0 Å². The van der Waals surface area contributed by atoms with Crippen molar-refractivity contribution in [3.05, 3.63) is 0 Å². The van der Waals surface area contributed by atoms with E-state index in [0.29, 0.717) is 12.5 Å². The first kappa shape index (κ1) is 5.69. The third-order valence-corrected chi connectivity index (χ3v) is 2.32. The Morgan fingerprint density at radius 1 is 1.22 bits per heavy atom. The number of rotatable bonds is 1. The summed E-state index contributed by atoms with van der Waals surface area (Å²) in [5.74, 6) is 1.27. The SMILES string of the molecule is O[C@H]1COC[C@@H]1C1CC1. The molecular weight excluding hydrogens is 116 g/mol. The van der Waals surface area contributed by atoms with Gasteiger partial charge in [-0.3, -0.25) is 0 Å². The molecule has 1 saturated carbocycles. The van der Waals surface area contributed by atoms with E-state index in [1.54, 1.807) is 0 Å². The van der Waals surface area contributed by atoms with Crippen molar-refractivity contribution in [3.8, 4) is 0 Å². The van der Waals surface area contributed by atoms with Gasteiger partial charge in [0.25, 0.3) is 0 Å². The monoisotopic (exact) mass is 128 g/mol. The molecule has 2 nitrogen and oxygen atoms in total. The van der Waals surface area contributed by atoms with E-state index in [2.05, 4.69) is 0 Å². The first-order valence-electron chi connectivity index (χ1n) is 3.64. The molecule has 2 aliphatic rings. The van der Waals surface area contributed by atoms with Gasteiger partial charge in [-0.2, -0.15) is 0 Å². The summed E-state index contributed by atoms with van der Waals surface area (Å²) in [4.78, 5) is 0. The first-order chi connectivity index (χ1) is 4.38. The van der Waals surface area contributed by atoms with Crippen molar-refractivity contribution < 1.29 is 9.84 Å². The standard InChI is InChI=1S/C7H12O2/c8-7-4-9-3-6(7)5-1-2-5/h5-8H,1-4H2/t6-,7+/m1/s1. The van der Waals surface area contributed by atoms with E-state index < -0.39 is 0 Å². The van der Waals surface area contributed by atoms with Crippen LogP contribution in [0, 0.1) is 11.8 Å². The van der Waals surface area contributed by atoms with Gasteiger partial charge in [0.05, 0.1) is 19.3 Å². The van der Waals surface area contributed by atoms with Gasteiger partial charge in [0.2, 0.25) is 0 Å². The lowest BCUT2D eigenvalue weighted by Gasteiger charge is -2.08.